The van der Waals surface area contributed by atoms with E-state index in [1.54, 1.807) is 11.7 Å². The lowest BCUT2D eigenvalue weighted by molar-refractivity contribution is 0.0947. The highest BCUT2D eigenvalue weighted by Gasteiger charge is 2.06. The smallest absolute Gasteiger partial charge is 0.263 e. The topological polar surface area (TPSA) is 42.0 Å². The van der Waals surface area contributed by atoms with Crippen LogP contribution in [0.15, 0.2) is 11.7 Å². The second-order valence-corrected chi connectivity index (χ2v) is 3.38. The Kier molecular flexibility index (Phi) is 2.59. The van der Waals surface area contributed by atoms with Crippen LogP contribution in [0, 0.1) is 0 Å². The summed E-state index contributed by atoms with van der Waals surface area (Å²) in [5, 5.41) is 2.78. The zero-order chi connectivity index (χ0) is 8.27. The van der Waals surface area contributed by atoms with Crippen molar-refractivity contribution in [1.82, 2.24) is 10.3 Å². The number of nitrogens with one attached hydrogen (secondary N) is 1. The molecule has 0 atom stereocenters. The van der Waals surface area contributed by atoms with Crippen molar-refractivity contribution in [2.45, 2.75) is 19.9 Å². The molecular formula is C7H10N2OS. The maximum atomic E-state index is 11.2. The second-order valence-electron chi connectivity index (χ2n) is 2.49. The molecule has 0 saturated carbocycles. The fraction of sp³-hybridized carbons (Fsp3) is 0.429. The van der Waals surface area contributed by atoms with E-state index in [-0.39, 0.29) is 11.9 Å². The predicted molar refractivity (Wildman–Crippen MR) is 44.7 cm³/mol. The van der Waals surface area contributed by atoms with Gasteiger partial charge in [-0.05, 0) is 13.8 Å². The van der Waals surface area contributed by atoms with Crippen LogP contribution in [0.1, 0.15) is 23.5 Å². The SMILES string of the molecule is CC(C)NC(=O)c1cncs1. The molecule has 0 aromatic carbocycles. The molecule has 1 aromatic rings. The highest BCUT2D eigenvalue weighted by molar-refractivity contribution is 7.11. The van der Waals surface area contributed by atoms with Crippen molar-refractivity contribution in [2.24, 2.45) is 0 Å². The number of carbonyl (C=O) groups excluding carboxylic acids is 1. The van der Waals surface area contributed by atoms with E-state index in [1.165, 1.54) is 11.3 Å². The molecule has 0 saturated heterocycles. The van der Waals surface area contributed by atoms with Gasteiger partial charge < -0.3 is 5.32 Å². The molecule has 4 heteroatoms. The number of rotatable bonds is 2. The van der Waals surface area contributed by atoms with Gasteiger partial charge in [-0.25, -0.2) is 0 Å². The summed E-state index contributed by atoms with van der Waals surface area (Å²) >= 11 is 1.35. The Morgan fingerprint density at radius 1 is 1.73 bits per heavy atom. The lowest BCUT2D eigenvalue weighted by Crippen LogP contribution is -2.29. The van der Waals surface area contributed by atoms with Crippen LogP contribution in [-0.2, 0) is 0 Å². The van der Waals surface area contributed by atoms with Crippen LogP contribution >= 0.6 is 11.3 Å². The Morgan fingerprint density at radius 2 is 2.45 bits per heavy atom. The summed E-state index contributed by atoms with van der Waals surface area (Å²) in [4.78, 5) is 15.6. The number of hydrogen-bond donors (Lipinski definition) is 1. The van der Waals surface area contributed by atoms with Gasteiger partial charge in [0.05, 0.1) is 11.7 Å². The van der Waals surface area contributed by atoms with E-state index >= 15 is 0 Å². The summed E-state index contributed by atoms with van der Waals surface area (Å²) in [5.41, 5.74) is 1.65. The van der Waals surface area contributed by atoms with Crippen molar-refractivity contribution in [3.05, 3.63) is 16.6 Å². The van der Waals surface area contributed by atoms with Crippen LogP contribution in [0.2, 0.25) is 0 Å². The summed E-state index contributed by atoms with van der Waals surface area (Å²) in [6.45, 7) is 3.86. The van der Waals surface area contributed by atoms with E-state index in [0.29, 0.717) is 4.88 Å². The Balaban J connectivity index is 2.57. The van der Waals surface area contributed by atoms with Gasteiger partial charge in [0.2, 0.25) is 0 Å². The largest absolute Gasteiger partial charge is 0.349 e. The quantitative estimate of drug-likeness (QED) is 0.726. The van der Waals surface area contributed by atoms with Crippen molar-refractivity contribution < 1.29 is 4.79 Å². The minimum absolute atomic E-state index is 0.0394. The summed E-state index contributed by atoms with van der Waals surface area (Å²) in [6.07, 6.45) is 1.57. The summed E-state index contributed by atoms with van der Waals surface area (Å²) < 4.78 is 0. The first kappa shape index (κ1) is 8.20. The molecule has 1 heterocycles. The molecule has 0 aliphatic rings. The van der Waals surface area contributed by atoms with Crippen molar-refractivity contribution >= 4 is 17.2 Å². The lowest BCUT2D eigenvalue weighted by atomic mass is 10.4. The van der Waals surface area contributed by atoms with Gasteiger partial charge in [0.25, 0.3) is 5.91 Å². The van der Waals surface area contributed by atoms with E-state index in [4.69, 9.17) is 0 Å². The Morgan fingerprint density at radius 3 is 2.91 bits per heavy atom. The van der Waals surface area contributed by atoms with Gasteiger partial charge in [0.1, 0.15) is 4.88 Å². The minimum atomic E-state index is -0.0394. The van der Waals surface area contributed by atoms with Crippen LogP contribution in [0.4, 0.5) is 0 Å². The van der Waals surface area contributed by atoms with Crippen LogP contribution < -0.4 is 5.32 Å². The molecular weight excluding hydrogens is 160 g/mol. The molecule has 3 nitrogen and oxygen atoms in total. The Labute approximate surface area is 69.5 Å². The van der Waals surface area contributed by atoms with Crippen LogP contribution in [-0.4, -0.2) is 16.9 Å². The average Bonchev–Trinajstić information content (AvgIpc) is 2.35. The van der Waals surface area contributed by atoms with Gasteiger partial charge in [-0.1, -0.05) is 0 Å². The van der Waals surface area contributed by atoms with E-state index in [0.717, 1.165) is 0 Å². The zero-order valence-corrected chi connectivity index (χ0v) is 7.31. The minimum Gasteiger partial charge on any atom is -0.349 e. The fourth-order valence-electron chi connectivity index (χ4n) is 0.661. The molecule has 1 N–H and O–H groups in total. The molecule has 0 bridgehead atoms. The molecule has 1 aromatic heterocycles. The molecule has 0 unspecified atom stereocenters. The van der Waals surface area contributed by atoms with Crippen LogP contribution in [0.5, 0.6) is 0 Å². The third-order valence-electron chi connectivity index (χ3n) is 1.08. The van der Waals surface area contributed by atoms with Gasteiger partial charge >= 0.3 is 0 Å². The van der Waals surface area contributed by atoms with E-state index in [2.05, 4.69) is 10.3 Å². The second kappa shape index (κ2) is 3.48. The number of carbonyl (C=O) groups is 1. The maximum Gasteiger partial charge on any atom is 0.263 e. The molecule has 0 radical (unpaired) electrons. The molecule has 11 heavy (non-hydrogen) atoms. The predicted octanol–water partition coefficient (Wildman–Crippen LogP) is 1.28. The van der Waals surface area contributed by atoms with Crippen molar-refractivity contribution in [1.29, 1.82) is 0 Å². The Bertz CT molecular complexity index is 231. The molecule has 0 aliphatic carbocycles. The fourth-order valence-corrected chi connectivity index (χ4v) is 1.18. The van der Waals surface area contributed by atoms with E-state index in [9.17, 15) is 4.79 Å². The zero-order valence-electron chi connectivity index (χ0n) is 6.50. The monoisotopic (exact) mass is 170 g/mol. The first-order valence-corrected chi connectivity index (χ1v) is 4.27. The van der Waals surface area contributed by atoms with Crippen molar-refractivity contribution in [3.8, 4) is 0 Å². The van der Waals surface area contributed by atoms with Gasteiger partial charge in [0, 0.05) is 6.04 Å². The molecule has 1 rings (SSSR count). The summed E-state index contributed by atoms with van der Waals surface area (Å²) in [5.74, 6) is -0.0394. The van der Waals surface area contributed by atoms with Gasteiger partial charge in [-0.15, -0.1) is 11.3 Å². The molecule has 1 amide bonds. The van der Waals surface area contributed by atoms with E-state index < -0.39 is 0 Å². The molecule has 0 aliphatic heterocycles. The van der Waals surface area contributed by atoms with Gasteiger partial charge in [0.15, 0.2) is 0 Å². The highest BCUT2D eigenvalue weighted by Crippen LogP contribution is 2.04. The van der Waals surface area contributed by atoms with Gasteiger partial charge in [-0.2, -0.15) is 0 Å². The number of aromatic nitrogens is 1. The summed E-state index contributed by atoms with van der Waals surface area (Å²) in [7, 11) is 0. The normalized spacial score (nSPS) is 10.1. The third-order valence-corrected chi connectivity index (χ3v) is 1.85. The maximum absolute atomic E-state index is 11.2. The first-order valence-electron chi connectivity index (χ1n) is 3.39. The van der Waals surface area contributed by atoms with Crippen molar-refractivity contribution in [2.75, 3.05) is 0 Å². The van der Waals surface area contributed by atoms with Crippen LogP contribution in [0.25, 0.3) is 0 Å². The lowest BCUT2D eigenvalue weighted by Gasteiger charge is -2.04. The number of amides is 1. The number of hydrogen-bond acceptors (Lipinski definition) is 3. The van der Waals surface area contributed by atoms with Gasteiger partial charge in [-0.3, -0.25) is 9.78 Å². The van der Waals surface area contributed by atoms with Crippen molar-refractivity contribution in [3.63, 3.8) is 0 Å². The average molecular weight is 170 g/mol. The standard InChI is InChI=1S/C7H10N2OS/c1-5(2)9-7(10)6-3-8-4-11-6/h3-5H,1-2H3,(H,9,10). The molecule has 60 valence electrons. The first-order chi connectivity index (χ1) is 5.20. The molecule has 0 spiro atoms. The van der Waals surface area contributed by atoms with E-state index in [1.807, 2.05) is 13.8 Å². The highest BCUT2D eigenvalue weighted by atomic mass is 32.1. The van der Waals surface area contributed by atoms with Crippen LogP contribution in [0.3, 0.4) is 0 Å². The number of thiazole rings is 1. The number of nitrogens with zero attached hydrogens (tertiary/aromatic N) is 1. The summed E-state index contributed by atoms with van der Waals surface area (Å²) in [6, 6.07) is 0.185. The molecule has 0 fully saturated rings. The third kappa shape index (κ3) is 2.31. The Hall–Kier alpha value is -0.900.